The van der Waals surface area contributed by atoms with Crippen molar-refractivity contribution < 1.29 is 4.79 Å². The molecule has 1 saturated heterocycles. The Morgan fingerprint density at radius 3 is 2.77 bits per heavy atom. The zero-order valence-corrected chi connectivity index (χ0v) is 13.6. The molecule has 1 amide bonds. The lowest BCUT2D eigenvalue weighted by atomic mass is 10.3. The average Bonchev–Trinajstić information content (AvgIpc) is 3.15. The predicted molar refractivity (Wildman–Crippen MR) is 86.2 cm³/mol. The molecule has 1 N–H and O–H groups in total. The molecule has 1 aliphatic rings. The predicted octanol–water partition coefficient (Wildman–Crippen LogP) is 2.08. The van der Waals surface area contributed by atoms with Crippen molar-refractivity contribution in [3.05, 3.63) is 33.5 Å². The van der Waals surface area contributed by atoms with Crippen molar-refractivity contribution in [3.8, 4) is 0 Å². The Bertz CT molecular complexity index is 678. The van der Waals surface area contributed by atoms with E-state index in [-0.39, 0.29) is 5.91 Å². The number of nitrogens with zero attached hydrogens (tertiary/aromatic N) is 4. The molecule has 0 atom stereocenters. The number of nitrogens with one attached hydrogen (secondary N) is 1. The summed E-state index contributed by atoms with van der Waals surface area (Å²) in [6, 6.07) is 1.84. The van der Waals surface area contributed by atoms with Gasteiger partial charge in [-0.25, -0.2) is 15.0 Å². The number of thiazole rings is 1. The molecule has 3 heterocycles. The number of carbonyl (C=O) groups excluding carboxylic acids is 1. The molecule has 1 fully saturated rings. The van der Waals surface area contributed by atoms with Crippen LogP contribution in [0.15, 0.2) is 12.3 Å². The second-order valence-corrected chi connectivity index (χ2v) is 6.58. The first-order chi connectivity index (χ1) is 10.6. The van der Waals surface area contributed by atoms with Crippen LogP contribution in [0.2, 0.25) is 0 Å². The summed E-state index contributed by atoms with van der Waals surface area (Å²) in [7, 11) is 0. The molecule has 2 aromatic heterocycles. The summed E-state index contributed by atoms with van der Waals surface area (Å²) in [5.41, 5.74) is 1.60. The van der Waals surface area contributed by atoms with E-state index in [1.54, 1.807) is 6.20 Å². The van der Waals surface area contributed by atoms with Gasteiger partial charge in [0, 0.05) is 19.3 Å². The average molecular weight is 317 g/mol. The molecule has 0 unspecified atom stereocenters. The molecule has 0 aromatic carbocycles. The van der Waals surface area contributed by atoms with Gasteiger partial charge in [0.15, 0.2) is 0 Å². The van der Waals surface area contributed by atoms with E-state index in [4.69, 9.17) is 0 Å². The molecule has 1 aliphatic heterocycles. The molecule has 0 aliphatic carbocycles. The molecule has 22 heavy (non-hydrogen) atoms. The van der Waals surface area contributed by atoms with Crippen molar-refractivity contribution >= 4 is 23.2 Å². The molecule has 0 bridgehead atoms. The maximum Gasteiger partial charge on any atom is 0.263 e. The monoisotopic (exact) mass is 317 g/mol. The van der Waals surface area contributed by atoms with E-state index in [0.29, 0.717) is 11.4 Å². The highest BCUT2D eigenvalue weighted by molar-refractivity contribution is 7.13. The van der Waals surface area contributed by atoms with E-state index < -0.39 is 0 Å². The highest BCUT2D eigenvalue weighted by Crippen LogP contribution is 2.17. The fourth-order valence-electron chi connectivity index (χ4n) is 2.55. The Balaban J connectivity index is 1.65. The quantitative estimate of drug-likeness (QED) is 0.935. The molecule has 3 rings (SSSR count). The maximum absolute atomic E-state index is 12.2. The van der Waals surface area contributed by atoms with Crippen LogP contribution < -0.4 is 10.2 Å². The van der Waals surface area contributed by atoms with Gasteiger partial charge in [-0.1, -0.05) is 0 Å². The van der Waals surface area contributed by atoms with Gasteiger partial charge in [-0.15, -0.1) is 11.3 Å². The number of carbonyl (C=O) groups is 1. The second-order valence-electron chi connectivity index (χ2n) is 5.37. The van der Waals surface area contributed by atoms with Gasteiger partial charge in [0.25, 0.3) is 5.91 Å². The maximum atomic E-state index is 12.2. The molecular formula is C15H19N5OS. The van der Waals surface area contributed by atoms with E-state index in [9.17, 15) is 4.79 Å². The number of hydrogen-bond donors (Lipinski definition) is 1. The highest BCUT2D eigenvalue weighted by Gasteiger charge is 2.16. The minimum atomic E-state index is -0.0931. The van der Waals surface area contributed by atoms with E-state index in [0.717, 1.165) is 35.4 Å². The molecule has 116 valence electrons. The Morgan fingerprint density at radius 2 is 2.09 bits per heavy atom. The summed E-state index contributed by atoms with van der Waals surface area (Å²) in [6.45, 7) is 6.18. The topological polar surface area (TPSA) is 71.0 Å². The van der Waals surface area contributed by atoms with Gasteiger partial charge in [0.1, 0.15) is 4.88 Å². The molecule has 0 saturated carbocycles. The summed E-state index contributed by atoms with van der Waals surface area (Å²) < 4.78 is 0. The summed E-state index contributed by atoms with van der Waals surface area (Å²) in [5.74, 6) is 0.665. The van der Waals surface area contributed by atoms with Crippen molar-refractivity contribution in [2.75, 3.05) is 18.0 Å². The Labute approximate surface area is 133 Å². The SMILES string of the molecule is Cc1nc(C)c(C(=O)NCc2ccnc(N3CCCC3)n2)s1. The molecule has 7 heteroatoms. The lowest BCUT2D eigenvalue weighted by molar-refractivity contribution is 0.0953. The Kier molecular flexibility index (Phi) is 4.33. The number of anilines is 1. The minimum absolute atomic E-state index is 0.0931. The van der Waals surface area contributed by atoms with Crippen LogP contribution in [0.1, 0.15) is 38.9 Å². The molecular weight excluding hydrogens is 298 g/mol. The minimum Gasteiger partial charge on any atom is -0.346 e. The normalized spacial score (nSPS) is 14.4. The van der Waals surface area contributed by atoms with E-state index >= 15 is 0 Å². The number of aromatic nitrogens is 3. The van der Waals surface area contributed by atoms with Crippen molar-refractivity contribution in [2.45, 2.75) is 33.2 Å². The fraction of sp³-hybridized carbons (Fsp3) is 0.467. The van der Waals surface area contributed by atoms with E-state index in [1.807, 2.05) is 19.9 Å². The second kappa shape index (κ2) is 6.39. The van der Waals surface area contributed by atoms with Crippen LogP contribution in [0.4, 0.5) is 5.95 Å². The standard InChI is InChI=1S/C15H19N5OS/c1-10-13(22-11(2)18-10)14(21)17-9-12-5-6-16-15(19-12)20-7-3-4-8-20/h5-6H,3-4,7-9H2,1-2H3,(H,17,21). The first-order valence-electron chi connectivity index (χ1n) is 7.42. The highest BCUT2D eigenvalue weighted by atomic mass is 32.1. The van der Waals surface area contributed by atoms with E-state index in [2.05, 4.69) is 25.2 Å². The summed E-state index contributed by atoms with van der Waals surface area (Å²) in [5, 5.41) is 3.81. The summed E-state index contributed by atoms with van der Waals surface area (Å²) in [6.07, 6.45) is 4.13. The third kappa shape index (κ3) is 3.24. The molecule has 6 nitrogen and oxygen atoms in total. The van der Waals surface area contributed by atoms with Gasteiger partial charge in [0.2, 0.25) is 5.95 Å². The van der Waals surface area contributed by atoms with Gasteiger partial charge in [-0.2, -0.15) is 0 Å². The molecule has 2 aromatic rings. The Morgan fingerprint density at radius 1 is 1.32 bits per heavy atom. The number of amides is 1. The van der Waals surface area contributed by atoms with Crippen LogP contribution in [0, 0.1) is 13.8 Å². The van der Waals surface area contributed by atoms with Gasteiger partial charge in [-0.3, -0.25) is 4.79 Å². The van der Waals surface area contributed by atoms with Gasteiger partial charge >= 0.3 is 0 Å². The zero-order valence-electron chi connectivity index (χ0n) is 12.8. The zero-order chi connectivity index (χ0) is 15.5. The van der Waals surface area contributed by atoms with Crippen molar-refractivity contribution in [1.82, 2.24) is 20.3 Å². The van der Waals surface area contributed by atoms with Crippen LogP contribution in [0.5, 0.6) is 0 Å². The summed E-state index contributed by atoms with van der Waals surface area (Å²) >= 11 is 1.42. The summed E-state index contributed by atoms with van der Waals surface area (Å²) in [4.78, 5) is 28.2. The molecule has 0 spiro atoms. The first kappa shape index (κ1) is 14.9. The van der Waals surface area contributed by atoms with Gasteiger partial charge < -0.3 is 10.2 Å². The molecule has 0 radical (unpaired) electrons. The van der Waals surface area contributed by atoms with Crippen LogP contribution in [-0.2, 0) is 6.54 Å². The largest absolute Gasteiger partial charge is 0.346 e. The number of aryl methyl sites for hydroxylation is 2. The lowest BCUT2D eigenvalue weighted by Crippen LogP contribution is -2.25. The van der Waals surface area contributed by atoms with Crippen molar-refractivity contribution in [3.63, 3.8) is 0 Å². The first-order valence-corrected chi connectivity index (χ1v) is 8.24. The van der Waals surface area contributed by atoms with Gasteiger partial charge in [0.05, 0.1) is 22.9 Å². The van der Waals surface area contributed by atoms with E-state index in [1.165, 1.54) is 24.2 Å². The van der Waals surface area contributed by atoms with Crippen LogP contribution in [0.3, 0.4) is 0 Å². The smallest absolute Gasteiger partial charge is 0.263 e. The van der Waals surface area contributed by atoms with Crippen LogP contribution >= 0.6 is 11.3 Å². The third-order valence-corrected chi connectivity index (χ3v) is 4.70. The number of rotatable bonds is 4. The van der Waals surface area contributed by atoms with Crippen LogP contribution in [-0.4, -0.2) is 33.9 Å². The lowest BCUT2D eigenvalue weighted by Gasteiger charge is -2.15. The number of hydrogen-bond acceptors (Lipinski definition) is 6. The van der Waals surface area contributed by atoms with Crippen molar-refractivity contribution in [1.29, 1.82) is 0 Å². The van der Waals surface area contributed by atoms with Gasteiger partial charge in [-0.05, 0) is 32.8 Å². The Hall–Kier alpha value is -2.02. The van der Waals surface area contributed by atoms with Crippen LogP contribution in [0.25, 0.3) is 0 Å². The van der Waals surface area contributed by atoms with Crippen molar-refractivity contribution in [2.24, 2.45) is 0 Å². The third-order valence-electron chi connectivity index (χ3n) is 3.63. The fourth-order valence-corrected chi connectivity index (χ4v) is 3.38.